The number of amides is 1. The molecule has 0 bridgehead atoms. The number of nitrogens with one attached hydrogen (secondary N) is 1. The molecule has 27 heavy (non-hydrogen) atoms. The molecular formula is C21H29N3O3. The van der Waals surface area contributed by atoms with Crippen LogP contribution in [-0.2, 0) is 13.6 Å². The number of carbonyl (C=O) groups excluding carboxylic acids is 1. The standard InChI is InChI=1S/C21H29N3O3/c1-22-21(25)18-12-11-16(23(18)2)17-9-5-6-13-24(17)14-15-8-7-10-19(26-3)20(15)27-4/h7-8,10-12,17H,5-6,9,13-14H2,1-4H3,(H,22,25)/t17-/m1/s1. The molecule has 1 N–H and O–H groups in total. The smallest absolute Gasteiger partial charge is 0.267 e. The molecule has 6 heteroatoms. The van der Waals surface area contributed by atoms with Gasteiger partial charge < -0.3 is 19.4 Å². The summed E-state index contributed by atoms with van der Waals surface area (Å²) in [5.41, 5.74) is 2.98. The van der Waals surface area contributed by atoms with Crippen LogP contribution in [0.25, 0.3) is 0 Å². The minimum atomic E-state index is -0.0550. The number of hydrogen-bond donors (Lipinski definition) is 1. The molecule has 1 aromatic carbocycles. The number of methoxy groups -OCH3 is 2. The van der Waals surface area contributed by atoms with Gasteiger partial charge in [0.25, 0.3) is 5.91 Å². The Morgan fingerprint density at radius 1 is 1.19 bits per heavy atom. The Morgan fingerprint density at radius 2 is 2.00 bits per heavy atom. The summed E-state index contributed by atoms with van der Waals surface area (Å²) in [6.45, 7) is 1.80. The van der Waals surface area contributed by atoms with Gasteiger partial charge in [-0.2, -0.15) is 0 Å². The molecule has 0 aliphatic carbocycles. The van der Waals surface area contributed by atoms with Crippen molar-refractivity contribution in [3.05, 3.63) is 47.3 Å². The van der Waals surface area contributed by atoms with Gasteiger partial charge in [-0.05, 0) is 37.6 Å². The van der Waals surface area contributed by atoms with Gasteiger partial charge in [-0.25, -0.2) is 0 Å². The first-order valence-corrected chi connectivity index (χ1v) is 9.42. The number of aromatic nitrogens is 1. The molecule has 1 saturated heterocycles. The zero-order valence-electron chi connectivity index (χ0n) is 16.6. The Labute approximate surface area is 161 Å². The van der Waals surface area contributed by atoms with Gasteiger partial charge in [0, 0.05) is 31.9 Å². The van der Waals surface area contributed by atoms with Gasteiger partial charge in [-0.15, -0.1) is 0 Å². The fraction of sp³-hybridized carbons (Fsp3) is 0.476. The van der Waals surface area contributed by atoms with Crippen molar-refractivity contribution in [2.24, 2.45) is 7.05 Å². The lowest BCUT2D eigenvalue weighted by Crippen LogP contribution is -2.34. The highest BCUT2D eigenvalue weighted by Crippen LogP contribution is 2.36. The van der Waals surface area contributed by atoms with Gasteiger partial charge >= 0.3 is 0 Å². The molecule has 0 unspecified atom stereocenters. The second kappa shape index (κ2) is 8.48. The van der Waals surface area contributed by atoms with E-state index in [-0.39, 0.29) is 11.9 Å². The van der Waals surface area contributed by atoms with Crippen molar-refractivity contribution in [2.45, 2.75) is 31.8 Å². The van der Waals surface area contributed by atoms with Crippen LogP contribution in [0.15, 0.2) is 30.3 Å². The third-order valence-corrected chi connectivity index (χ3v) is 5.43. The summed E-state index contributed by atoms with van der Waals surface area (Å²) in [6, 6.07) is 10.3. The monoisotopic (exact) mass is 371 g/mol. The summed E-state index contributed by atoms with van der Waals surface area (Å²) < 4.78 is 13.1. The lowest BCUT2D eigenvalue weighted by atomic mass is 9.98. The Hall–Kier alpha value is -2.47. The van der Waals surface area contributed by atoms with Gasteiger partial charge in [0.15, 0.2) is 11.5 Å². The number of benzene rings is 1. The highest BCUT2D eigenvalue weighted by Gasteiger charge is 2.28. The van der Waals surface area contributed by atoms with E-state index in [0.29, 0.717) is 5.69 Å². The molecule has 2 aromatic rings. The third kappa shape index (κ3) is 3.81. The second-order valence-corrected chi connectivity index (χ2v) is 6.92. The Morgan fingerprint density at radius 3 is 2.70 bits per heavy atom. The summed E-state index contributed by atoms with van der Waals surface area (Å²) in [5, 5.41) is 2.71. The van der Waals surface area contributed by atoms with Crippen LogP contribution in [0, 0.1) is 0 Å². The topological polar surface area (TPSA) is 55.7 Å². The van der Waals surface area contributed by atoms with E-state index in [4.69, 9.17) is 9.47 Å². The van der Waals surface area contributed by atoms with Crippen LogP contribution in [-0.4, -0.2) is 43.2 Å². The molecule has 0 saturated carbocycles. The highest BCUT2D eigenvalue weighted by molar-refractivity contribution is 5.92. The average Bonchev–Trinajstić information content (AvgIpc) is 3.08. The van der Waals surface area contributed by atoms with E-state index >= 15 is 0 Å². The number of rotatable bonds is 6. The normalized spacial score (nSPS) is 17.6. The number of likely N-dealkylation sites (tertiary alicyclic amines) is 1. The molecule has 1 atom stereocenters. The first-order valence-electron chi connectivity index (χ1n) is 9.42. The minimum absolute atomic E-state index is 0.0550. The van der Waals surface area contributed by atoms with E-state index in [2.05, 4.69) is 22.3 Å². The van der Waals surface area contributed by atoms with Crippen molar-refractivity contribution in [3.8, 4) is 11.5 Å². The quantitative estimate of drug-likeness (QED) is 0.848. The molecule has 0 radical (unpaired) electrons. The molecule has 2 heterocycles. The van der Waals surface area contributed by atoms with E-state index < -0.39 is 0 Å². The first kappa shape index (κ1) is 19.3. The van der Waals surface area contributed by atoms with Crippen LogP contribution in [0.2, 0.25) is 0 Å². The lowest BCUT2D eigenvalue weighted by molar-refractivity contribution is 0.0952. The van der Waals surface area contributed by atoms with E-state index in [1.165, 1.54) is 18.5 Å². The molecule has 0 spiro atoms. The summed E-state index contributed by atoms with van der Waals surface area (Å²) >= 11 is 0. The van der Waals surface area contributed by atoms with E-state index in [0.717, 1.165) is 36.6 Å². The van der Waals surface area contributed by atoms with E-state index in [9.17, 15) is 4.79 Å². The number of piperidine rings is 1. The fourth-order valence-electron chi connectivity index (χ4n) is 4.03. The molecular weight excluding hydrogens is 342 g/mol. The number of carbonyl (C=O) groups is 1. The molecule has 1 aromatic heterocycles. The zero-order chi connectivity index (χ0) is 19.4. The largest absolute Gasteiger partial charge is 0.493 e. The molecule has 146 valence electrons. The highest BCUT2D eigenvalue weighted by atomic mass is 16.5. The van der Waals surface area contributed by atoms with Crippen LogP contribution in [0.1, 0.15) is 47.1 Å². The summed E-state index contributed by atoms with van der Waals surface area (Å²) in [7, 11) is 6.98. The summed E-state index contributed by atoms with van der Waals surface area (Å²) in [4.78, 5) is 14.6. The van der Waals surface area contributed by atoms with Gasteiger partial charge in [-0.3, -0.25) is 9.69 Å². The maximum Gasteiger partial charge on any atom is 0.267 e. The van der Waals surface area contributed by atoms with Gasteiger partial charge in [0.2, 0.25) is 0 Å². The van der Waals surface area contributed by atoms with Gasteiger partial charge in [0.05, 0.1) is 20.3 Å². The number of hydrogen-bond acceptors (Lipinski definition) is 4. The van der Waals surface area contributed by atoms with Gasteiger partial charge in [-0.1, -0.05) is 18.6 Å². The predicted octanol–water partition coefficient (Wildman–Crippen LogP) is 3.13. The minimum Gasteiger partial charge on any atom is -0.493 e. The van der Waals surface area contributed by atoms with Crippen LogP contribution in [0.4, 0.5) is 0 Å². The molecule has 6 nitrogen and oxygen atoms in total. The number of para-hydroxylation sites is 1. The van der Waals surface area contributed by atoms with Gasteiger partial charge in [0.1, 0.15) is 5.69 Å². The van der Waals surface area contributed by atoms with Crippen molar-refractivity contribution in [1.29, 1.82) is 0 Å². The van der Waals surface area contributed by atoms with E-state index in [1.807, 2.05) is 29.8 Å². The molecule has 1 aliphatic heterocycles. The summed E-state index contributed by atoms with van der Waals surface area (Å²) in [6.07, 6.45) is 3.45. The van der Waals surface area contributed by atoms with Crippen molar-refractivity contribution >= 4 is 5.91 Å². The Bertz CT molecular complexity index is 800. The van der Waals surface area contributed by atoms with E-state index in [1.54, 1.807) is 21.3 Å². The zero-order valence-corrected chi connectivity index (χ0v) is 16.6. The second-order valence-electron chi connectivity index (χ2n) is 6.92. The fourth-order valence-corrected chi connectivity index (χ4v) is 4.03. The predicted molar refractivity (Wildman–Crippen MR) is 105 cm³/mol. The van der Waals surface area contributed by atoms with Crippen LogP contribution >= 0.6 is 0 Å². The van der Waals surface area contributed by atoms with Crippen molar-refractivity contribution < 1.29 is 14.3 Å². The Kier molecular flexibility index (Phi) is 6.06. The first-order chi connectivity index (χ1) is 13.1. The van der Waals surface area contributed by atoms with Crippen molar-refractivity contribution in [3.63, 3.8) is 0 Å². The maximum atomic E-state index is 12.1. The maximum absolute atomic E-state index is 12.1. The average molecular weight is 371 g/mol. The molecule has 1 aliphatic rings. The van der Waals surface area contributed by atoms with Crippen LogP contribution in [0.5, 0.6) is 11.5 Å². The number of nitrogens with zero attached hydrogens (tertiary/aromatic N) is 2. The molecule has 1 fully saturated rings. The van der Waals surface area contributed by atoms with Crippen molar-refractivity contribution in [2.75, 3.05) is 27.8 Å². The molecule has 1 amide bonds. The van der Waals surface area contributed by atoms with Crippen LogP contribution < -0.4 is 14.8 Å². The molecule has 3 rings (SSSR count). The Balaban J connectivity index is 1.89. The lowest BCUT2D eigenvalue weighted by Gasteiger charge is -2.36. The SMILES string of the molecule is CNC(=O)c1ccc([C@H]2CCCCN2Cc2cccc(OC)c2OC)n1C. The third-order valence-electron chi connectivity index (χ3n) is 5.43. The number of ether oxygens (including phenoxy) is 2. The summed E-state index contributed by atoms with van der Waals surface area (Å²) in [5.74, 6) is 1.49. The van der Waals surface area contributed by atoms with Crippen molar-refractivity contribution in [1.82, 2.24) is 14.8 Å². The van der Waals surface area contributed by atoms with Crippen LogP contribution in [0.3, 0.4) is 0 Å².